The van der Waals surface area contributed by atoms with Gasteiger partial charge in [-0.1, -0.05) is 0 Å². The van der Waals surface area contributed by atoms with Crippen LogP contribution in [0.3, 0.4) is 0 Å². The number of carbonyl (C=O) groups is 1. The number of hydrogen-bond acceptors (Lipinski definition) is 4. The first-order valence-corrected chi connectivity index (χ1v) is 4.31. The van der Waals surface area contributed by atoms with Crippen molar-refractivity contribution in [3.05, 3.63) is 0 Å². The third-order valence-electron chi connectivity index (χ3n) is 3.29. The van der Waals surface area contributed by atoms with Crippen molar-refractivity contribution >= 4 is 6.16 Å². The van der Waals surface area contributed by atoms with Gasteiger partial charge in [0.2, 0.25) is 0 Å². The molecule has 1 N–H and O–H groups in total. The summed E-state index contributed by atoms with van der Waals surface area (Å²) in [5.74, 6) is 0.466. The summed E-state index contributed by atoms with van der Waals surface area (Å²) >= 11 is 0. The highest BCUT2D eigenvalue weighted by atomic mass is 16.8. The van der Waals surface area contributed by atoms with Crippen LogP contribution < -0.4 is 0 Å². The highest BCUT2D eigenvalue weighted by Crippen LogP contribution is 2.49. The smallest absolute Gasteiger partial charge is 0.427 e. The molecule has 4 heteroatoms. The van der Waals surface area contributed by atoms with Crippen LogP contribution in [0.4, 0.5) is 4.79 Å². The molecule has 3 fully saturated rings. The molecule has 3 aliphatic rings. The van der Waals surface area contributed by atoms with Crippen LogP contribution in [0.1, 0.15) is 12.8 Å². The molecule has 66 valence electrons. The molecule has 5 atom stereocenters. The van der Waals surface area contributed by atoms with Crippen LogP contribution in [0.2, 0.25) is 0 Å². The fraction of sp³-hybridized carbons (Fsp3) is 0.875. The zero-order chi connectivity index (χ0) is 8.29. The summed E-state index contributed by atoms with van der Waals surface area (Å²) in [5, 5.41) is 9.51. The average Bonchev–Trinajstić information content (AvgIpc) is 2.57. The second-order valence-corrected chi connectivity index (χ2v) is 3.88. The number of rotatable bonds is 0. The molecule has 0 aromatic carbocycles. The Morgan fingerprint density at radius 1 is 1.25 bits per heavy atom. The number of carbonyl (C=O) groups excluding carboxylic acids is 1. The lowest BCUT2D eigenvalue weighted by atomic mass is 9.93. The number of aliphatic hydroxyl groups excluding tert-OH is 1. The van der Waals surface area contributed by atoms with E-state index < -0.39 is 6.16 Å². The van der Waals surface area contributed by atoms with Crippen LogP contribution >= 0.6 is 0 Å². The van der Waals surface area contributed by atoms with Crippen LogP contribution in [0.5, 0.6) is 0 Å². The molecule has 2 aliphatic carbocycles. The van der Waals surface area contributed by atoms with Gasteiger partial charge in [0.25, 0.3) is 0 Å². The van der Waals surface area contributed by atoms with Crippen LogP contribution in [0.15, 0.2) is 0 Å². The van der Waals surface area contributed by atoms with Crippen molar-refractivity contribution < 1.29 is 19.4 Å². The zero-order valence-corrected chi connectivity index (χ0v) is 6.47. The van der Waals surface area contributed by atoms with E-state index in [2.05, 4.69) is 0 Å². The van der Waals surface area contributed by atoms with Gasteiger partial charge in [-0.2, -0.15) is 0 Å². The lowest BCUT2D eigenvalue weighted by Gasteiger charge is -2.23. The standard InChI is InChI=1S/C8H10O4/c9-5-2-3-1-4(5)7-6(3)11-8(10)12-7/h3-7,9H,1-2H2. The van der Waals surface area contributed by atoms with E-state index in [9.17, 15) is 9.90 Å². The van der Waals surface area contributed by atoms with Crippen molar-refractivity contribution in [2.45, 2.75) is 31.2 Å². The molecule has 0 aromatic heterocycles. The zero-order valence-electron chi connectivity index (χ0n) is 6.47. The third kappa shape index (κ3) is 0.641. The van der Waals surface area contributed by atoms with E-state index in [4.69, 9.17) is 9.47 Å². The minimum absolute atomic E-state index is 0.0640. The minimum atomic E-state index is -0.561. The molecule has 2 bridgehead atoms. The third-order valence-corrected chi connectivity index (χ3v) is 3.29. The molecule has 0 spiro atoms. The number of ether oxygens (including phenoxy) is 2. The van der Waals surface area contributed by atoms with Gasteiger partial charge in [0.15, 0.2) is 0 Å². The molecule has 0 radical (unpaired) electrons. The Hall–Kier alpha value is -0.770. The van der Waals surface area contributed by atoms with E-state index in [-0.39, 0.29) is 24.2 Å². The summed E-state index contributed by atoms with van der Waals surface area (Å²) in [7, 11) is 0. The van der Waals surface area contributed by atoms with Crippen LogP contribution in [0.25, 0.3) is 0 Å². The fourth-order valence-corrected chi connectivity index (χ4v) is 2.79. The predicted molar refractivity (Wildman–Crippen MR) is 37.4 cm³/mol. The fourth-order valence-electron chi connectivity index (χ4n) is 2.79. The average molecular weight is 170 g/mol. The van der Waals surface area contributed by atoms with E-state index in [1.54, 1.807) is 0 Å². The summed E-state index contributed by atoms with van der Waals surface area (Å²) in [6.45, 7) is 0. The van der Waals surface area contributed by atoms with Crippen LogP contribution in [-0.2, 0) is 9.47 Å². The van der Waals surface area contributed by atoms with Crippen molar-refractivity contribution in [2.24, 2.45) is 11.8 Å². The summed E-state index contributed by atoms with van der Waals surface area (Å²) in [5.41, 5.74) is 0. The van der Waals surface area contributed by atoms with E-state index in [1.165, 1.54) is 0 Å². The maximum Gasteiger partial charge on any atom is 0.509 e. The summed E-state index contributed by atoms with van der Waals surface area (Å²) in [6, 6.07) is 0. The predicted octanol–water partition coefficient (Wildman–Crippen LogP) is 0.291. The van der Waals surface area contributed by atoms with Gasteiger partial charge in [-0.05, 0) is 12.8 Å². The molecule has 1 aliphatic heterocycles. The Morgan fingerprint density at radius 3 is 2.83 bits per heavy atom. The van der Waals surface area contributed by atoms with Gasteiger partial charge < -0.3 is 14.6 Å². The second kappa shape index (κ2) is 1.93. The summed E-state index contributed by atoms with van der Waals surface area (Å²) in [6.07, 6.45) is 0.642. The van der Waals surface area contributed by atoms with Crippen molar-refractivity contribution in [3.8, 4) is 0 Å². The monoisotopic (exact) mass is 170 g/mol. The van der Waals surface area contributed by atoms with Gasteiger partial charge in [-0.3, -0.25) is 0 Å². The maximum atomic E-state index is 10.8. The Kier molecular flexibility index (Phi) is 1.08. The molecule has 2 saturated carbocycles. The van der Waals surface area contributed by atoms with Crippen molar-refractivity contribution in [1.82, 2.24) is 0 Å². The van der Waals surface area contributed by atoms with E-state index in [0.717, 1.165) is 12.8 Å². The molecule has 4 nitrogen and oxygen atoms in total. The maximum absolute atomic E-state index is 10.8. The Bertz CT molecular complexity index is 239. The van der Waals surface area contributed by atoms with Gasteiger partial charge in [0.1, 0.15) is 12.2 Å². The Morgan fingerprint density at radius 2 is 2.00 bits per heavy atom. The van der Waals surface area contributed by atoms with Gasteiger partial charge in [-0.25, -0.2) is 4.79 Å². The lowest BCUT2D eigenvalue weighted by Crippen LogP contribution is -2.36. The number of hydrogen-bond donors (Lipinski definition) is 1. The van der Waals surface area contributed by atoms with E-state index in [0.29, 0.717) is 5.92 Å². The quantitative estimate of drug-likeness (QED) is 0.531. The highest BCUT2D eigenvalue weighted by molar-refractivity contribution is 5.63. The van der Waals surface area contributed by atoms with Crippen LogP contribution in [0, 0.1) is 11.8 Å². The van der Waals surface area contributed by atoms with Crippen molar-refractivity contribution in [3.63, 3.8) is 0 Å². The van der Waals surface area contributed by atoms with Gasteiger partial charge in [0.05, 0.1) is 6.10 Å². The molecule has 0 amide bonds. The van der Waals surface area contributed by atoms with Crippen molar-refractivity contribution in [1.29, 1.82) is 0 Å². The van der Waals surface area contributed by atoms with E-state index in [1.807, 2.05) is 0 Å². The lowest BCUT2D eigenvalue weighted by molar-refractivity contribution is 0.0126. The topological polar surface area (TPSA) is 55.8 Å². The minimum Gasteiger partial charge on any atom is -0.427 e. The highest BCUT2D eigenvalue weighted by Gasteiger charge is 2.59. The van der Waals surface area contributed by atoms with Crippen LogP contribution in [-0.4, -0.2) is 29.6 Å². The van der Waals surface area contributed by atoms with E-state index >= 15 is 0 Å². The molecule has 1 saturated heterocycles. The largest absolute Gasteiger partial charge is 0.509 e. The van der Waals surface area contributed by atoms with Crippen molar-refractivity contribution in [2.75, 3.05) is 0 Å². The molecular weight excluding hydrogens is 160 g/mol. The summed E-state index contributed by atoms with van der Waals surface area (Å²) in [4.78, 5) is 10.8. The normalized spacial score (nSPS) is 55.1. The first kappa shape index (κ1) is 6.71. The Labute approximate surface area is 69.5 Å². The molecule has 1 heterocycles. The molecular formula is C8H10O4. The molecule has 0 aromatic rings. The van der Waals surface area contributed by atoms with Gasteiger partial charge in [-0.15, -0.1) is 0 Å². The first-order chi connectivity index (χ1) is 5.75. The Balaban J connectivity index is 1.90. The van der Waals surface area contributed by atoms with Gasteiger partial charge >= 0.3 is 6.16 Å². The molecule has 5 unspecified atom stereocenters. The summed E-state index contributed by atoms with van der Waals surface area (Å²) < 4.78 is 9.96. The SMILES string of the molecule is O=C1OC2C3CC(O)C(C3)C2O1. The molecule has 3 rings (SSSR count). The number of fused-ring (bicyclic) bond motifs is 5. The molecule has 12 heavy (non-hydrogen) atoms. The van der Waals surface area contributed by atoms with Gasteiger partial charge in [0, 0.05) is 11.8 Å². The first-order valence-electron chi connectivity index (χ1n) is 4.31. The second-order valence-electron chi connectivity index (χ2n) is 3.88. The number of aliphatic hydroxyl groups is 1.